The number of para-hydroxylation sites is 1. The van der Waals surface area contributed by atoms with Gasteiger partial charge < -0.3 is 14.7 Å². The van der Waals surface area contributed by atoms with Crippen LogP contribution < -0.4 is 4.90 Å². The van der Waals surface area contributed by atoms with Gasteiger partial charge in [-0.25, -0.2) is 4.39 Å². The van der Waals surface area contributed by atoms with Crippen LogP contribution in [-0.4, -0.2) is 54.3 Å². The first-order valence-electron chi connectivity index (χ1n) is 9.77. The molecule has 2 aliphatic rings. The minimum absolute atomic E-state index is 0.0113. The number of anilines is 1. The fourth-order valence-corrected chi connectivity index (χ4v) is 3.94. The normalized spacial score (nSPS) is 17.3. The highest BCUT2D eigenvalue weighted by Gasteiger charge is 2.24. The lowest BCUT2D eigenvalue weighted by molar-refractivity contribution is -0.128. The molecule has 146 valence electrons. The summed E-state index contributed by atoms with van der Waals surface area (Å²) in [6.07, 6.45) is 1.52. The second kappa shape index (κ2) is 8.00. The SMILES string of the molecule is O=C1CCCN1Cc1cccc(C(=O)N2CCN(c3ccccc3F)CC2)c1. The van der Waals surface area contributed by atoms with Crippen LogP contribution in [0.3, 0.4) is 0 Å². The van der Waals surface area contributed by atoms with Gasteiger partial charge in [0.15, 0.2) is 0 Å². The van der Waals surface area contributed by atoms with E-state index < -0.39 is 0 Å². The van der Waals surface area contributed by atoms with Crippen molar-refractivity contribution in [2.24, 2.45) is 0 Å². The molecule has 2 heterocycles. The van der Waals surface area contributed by atoms with E-state index in [0.29, 0.717) is 50.4 Å². The Labute approximate surface area is 164 Å². The van der Waals surface area contributed by atoms with E-state index in [-0.39, 0.29) is 17.6 Å². The van der Waals surface area contributed by atoms with E-state index in [0.717, 1.165) is 18.5 Å². The highest BCUT2D eigenvalue weighted by molar-refractivity contribution is 5.94. The summed E-state index contributed by atoms with van der Waals surface area (Å²) < 4.78 is 14.0. The molecule has 0 aromatic heterocycles. The number of amides is 2. The minimum atomic E-state index is -0.230. The molecule has 0 saturated carbocycles. The minimum Gasteiger partial charge on any atom is -0.366 e. The molecule has 2 aromatic rings. The lowest BCUT2D eigenvalue weighted by Crippen LogP contribution is -2.49. The molecule has 0 unspecified atom stereocenters. The number of carbonyl (C=O) groups is 2. The van der Waals surface area contributed by atoms with Crippen molar-refractivity contribution in [3.05, 3.63) is 65.5 Å². The quantitative estimate of drug-likeness (QED) is 0.818. The summed E-state index contributed by atoms with van der Waals surface area (Å²) in [6, 6.07) is 14.3. The van der Waals surface area contributed by atoms with E-state index in [1.54, 1.807) is 12.1 Å². The number of hydrogen-bond acceptors (Lipinski definition) is 3. The van der Waals surface area contributed by atoms with Gasteiger partial charge in [0.2, 0.25) is 5.91 Å². The van der Waals surface area contributed by atoms with Crippen LogP contribution >= 0.6 is 0 Å². The second-order valence-electron chi connectivity index (χ2n) is 7.35. The van der Waals surface area contributed by atoms with E-state index in [4.69, 9.17) is 0 Å². The van der Waals surface area contributed by atoms with Crippen LogP contribution in [0.5, 0.6) is 0 Å². The van der Waals surface area contributed by atoms with E-state index in [2.05, 4.69) is 0 Å². The van der Waals surface area contributed by atoms with Gasteiger partial charge in [-0.2, -0.15) is 0 Å². The van der Waals surface area contributed by atoms with Gasteiger partial charge in [0.05, 0.1) is 5.69 Å². The van der Waals surface area contributed by atoms with Crippen LogP contribution in [0.2, 0.25) is 0 Å². The van der Waals surface area contributed by atoms with Gasteiger partial charge in [0.25, 0.3) is 5.91 Å². The predicted molar refractivity (Wildman–Crippen MR) is 106 cm³/mol. The fourth-order valence-electron chi connectivity index (χ4n) is 3.94. The van der Waals surface area contributed by atoms with Crippen molar-refractivity contribution < 1.29 is 14.0 Å². The fraction of sp³-hybridized carbons (Fsp3) is 0.364. The van der Waals surface area contributed by atoms with Gasteiger partial charge in [0, 0.05) is 51.3 Å². The van der Waals surface area contributed by atoms with Crippen LogP contribution in [0.1, 0.15) is 28.8 Å². The average Bonchev–Trinajstić information content (AvgIpc) is 3.13. The van der Waals surface area contributed by atoms with E-state index in [1.165, 1.54) is 6.07 Å². The Morgan fingerprint density at radius 1 is 0.964 bits per heavy atom. The molecule has 0 bridgehead atoms. The molecule has 2 fully saturated rings. The molecule has 2 saturated heterocycles. The Kier molecular flexibility index (Phi) is 5.28. The first kappa shape index (κ1) is 18.5. The summed E-state index contributed by atoms with van der Waals surface area (Å²) in [5.41, 5.74) is 2.21. The highest BCUT2D eigenvalue weighted by Crippen LogP contribution is 2.21. The van der Waals surface area contributed by atoms with Crippen LogP contribution in [0.25, 0.3) is 0 Å². The number of benzene rings is 2. The van der Waals surface area contributed by atoms with Gasteiger partial charge >= 0.3 is 0 Å². The van der Waals surface area contributed by atoms with Gasteiger partial charge in [-0.05, 0) is 36.2 Å². The summed E-state index contributed by atoms with van der Waals surface area (Å²) in [6.45, 7) is 3.67. The van der Waals surface area contributed by atoms with Crippen molar-refractivity contribution in [2.75, 3.05) is 37.6 Å². The van der Waals surface area contributed by atoms with Crippen molar-refractivity contribution in [3.8, 4) is 0 Å². The number of piperazine rings is 1. The smallest absolute Gasteiger partial charge is 0.253 e. The number of nitrogens with zero attached hydrogens (tertiary/aromatic N) is 3. The molecular weight excluding hydrogens is 357 g/mol. The molecule has 28 heavy (non-hydrogen) atoms. The molecule has 0 radical (unpaired) electrons. The van der Waals surface area contributed by atoms with E-state index >= 15 is 0 Å². The van der Waals surface area contributed by atoms with Crippen molar-refractivity contribution in [1.82, 2.24) is 9.80 Å². The zero-order chi connectivity index (χ0) is 19.5. The molecule has 0 spiro atoms. The third-order valence-corrected chi connectivity index (χ3v) is 5.48. The predicted octanol–water partition coefficient (Wildman–Crippen LogP) is 2.91. The molecular formula is C22H24FN3O2. The molecule has 4 rings (SSSR count). The maximum absolute atomic E-state index is 14.0. The molecule has 2 amide bonds. The lowest BCUT2D eigenvalue weighted by Gasteiger charge is -2.36. The molecule has 0 N–H and O–H groups in total. The van der Waals surface area contributed by atoms with Crippen LogP contribution in [0.4, 0.5) is 10.1 Å². The number of halogens is 1. The average molecular weight is 381 g/mol. The maximum Gasteiger partial charge on any atom is 0.253 e. The van der Waals surface area contributed by atoms with Gasteiger partial charge in [-0.3, -0.25) is 9.59 Å². The van der Waals surface area contributed by atoms with Gasteiger partial charge in [-0.15, -0.1) is 0 Å². The first-order valence-corrected chi connectivity index (χ1v) is 9.77. The molecule has 0 aliphatic carbocycles. The summed E-state index contributed by atoms with van der Waals surface area (Å²) >= 11 is 0. The second-order valence-corrected chi connectivity index (χ2v) is 7.35. The van der Waals surface area contributed by atoms with E-state index in [1.807, 2.05) is 45.0 Å². The summed E-state index contributed by atoms with van der Waals surface area (Å²) in [7, 11) is 0. The number of rotatable bonds is 4. The molecule has 2 aliphatic heterocycles. The third-order valence-electron chi connectivity index (χ3n) is 5.48. The van der Waals surface area contributed by atoms with Crippen LogP contribution in [0, 0.1) is 5.82 Å². The van der Waals surface area contributed by atoms with Crippen molar-refractivity contribution in [1.29, 1.82) is 0 Å². The molecule has 0 atom stereocenters. The lowest BCUT2D eigenvalue weighted by atomic mass is 10.1. The Morgan fingerprint density at radius 3 is 2.46 bits per heavy atom. The largest absolute Gasteiger partial charge is 0.366 e. The monoisotopic (exact) mass is 381 g/mol. The number of carbonyl (C=O) groups excluding carboxylic acids is 2. The van der Waals surface area contributed by atoms with Gasteiger partial charge in [-0.1, -0.05) is 24.3 Å². The standard InChI is InChI=1S/C22H24FN3O2/c23-19-7-1-2-8-20(19)24-11-13-25(14-12-24)22(28)18-6-3-5-17(15-18)16-26-10-4-9-21(26)27/h1-3,5-8,15H,4,9-14,16H2. The molecule has 5 nitrogen and oxygen atoms in total. The van der Waals surface area contributed by atoms with Crippen molar-refractivity contribution >= 4 is 17.5 Å². The van der Waals surface area contributed by atoms with Gasteiger partial charge in [0.1, 0.15) is 5.82 Å². The van der Waals surface area contributed by atoms with Crippen molar-refractivity contribution in [3.63, 3.8) is 0 Å². The first-order chi connectivity index (χ1) is 13.6. The Bertz CT molecular complexity index is 878. The summed E-state index contributed by atoms with van der Waals surface area (Å²) in [5, 5.41) is 0. The highest BCUT2D eigenvalue weighted by atomic mass is 19.1. The molecule has 2 aromatic carbocycles. The number of likely N-dealkylation sites (tertiary alicyclic amines) is 1. The zero-order valence-electron chi connectivity index (χ0n) is 15.8. The third kappa shape index (κ3) is 3.86. The Morgan fingerprint density at radius 2 is 1.75 bits per heavy atom. The Balaban J connectivity index is 1.39. The topological polar surface area (TPSA) is 43.9 Å². The van der Waals surface area contributed by atoms with Crippen molar-refractivity contribution in [2.45, 2.75) is 19.4 Å². The Hall–Kier alpha value is -2.89. The zero-order valence-corrected chi connectivity index (χ0v) is 15.8. The molecule has 6 heteroatoms. The number of hydrogen-bond donors (Lipinski definition) is 0. The van der Waals surface area contributed by atoms with E-state index in [9.17, 15) is 14.0 Å². The van der Waals surface area contributed by atoms with Crippen LogP contribution in [-0.2, 0) is 11.3 Å². The summed E-state index contributed by atoms with van der Waals surface area (Å²) in [4.78, 5) is 30.4. The summed E-state index contributed by atoms with van der Waals surface area (Å²) in [5.74, 6) is -0.0600. The van der Waals surface area contributed by atoms with Crippen LogP contribution in [0.15, 0.2) is 48.5 Å². The maximum atomic E-state index is 14.0.